The largest absolute Gasteiger partial charge is 0.496 e. The molecule has 2 aromatic carbocycles. The number of nitrogens with one attached hydrogen (secondary N) is 1. The highest BCUT2D eigenvalue weighted by molar-refractivity contribution is 6.04. The molecule has 0 spiro atoms. The quantitative estimate of drug-likeness (QED) is 0.735. The van der Waals surface area contributed by atoms with Crippen LogP contribution in [-0.2, 0) is 0 Å². The predicted molar refractivity (Wildman–Crippen MR) is 80.4 cm³/mol. The van der Waals surface area contributed by atoms with Crippen molar-refractivity contribution < 1.29 is 13.9 Å². The van der Waals surface area contributed by atoms with E-state index in [2.05, 4.69) is 4.98 Å². The Labute approximate surface area is 121 Å². The molecular weight excluding hydrogens is 269 g/mol. The molecule has 3 rings (SSSR count). The fourth-order valence-electron chi connectivity index (χ4n) is 2.57. The summed E-state index contributed by atoms with van der Waals surface area (Å²) in [6.07, 6.45) is 0.757. The summed E-state index contributed by atoms with van der Waals surface area (Å²) in [5, 5.41) is 0.591. The summed E-state index contributed by atoms with van der Waals surface area (Å²) in [6, 6.07) is 10.0. The van der Waals surface area contributed by atoms with E-state index in [9.17, 15) is 9.18 Å². The third-order valence-electron chi connectivity index (χ3n) is 3.60. The number of methoxy groups -OCH3 is 1. The van der Waals surface area contributed by atoms with E-state index in [1.54, 1.807) is 13.2 Å². The lowest BCUT2D eigenvalue weighted by atomic mass is 10.0. The molecule has 0 aliphatic carbocycles. The van der Waals surface area contributed by atoms with E-state index >= 15 is 0 Å². The Balaban J connectivity index is 2.24. The van der Waals surface area contributed by atoms with Gasteiger partial charge in [0.05, 0.1) is 12.8 Å². The third-order valence-corrected chi connectivity index (χ3v) is 3.60. The molecule has 0 saturated carbocycles. The number of benzene rings is 2. The van der Waals surface area contributed by atoms with E-state index in [1.807, 2.05) is 25.1 Å². The molecule has 0 bridgehead atoms. The van der Waals surface area contributed by atoms with Crippen LogP contribution in [0, 0.1) is 12.7 Å². The van der Waals surface area contributed by atoms with Crippen molar-refractivity contribution in [1.29, 1.82) is 0 Å². The highest BCUT2D eigenvalue weighted by Gasteiger charge is 2.14. The first-order valence-electron chi connectivity index (χ1n) is 6.55. The summed E-state index contributed by atoms with van der Waals surface area (Å²) < 4.78 is 18.6. The van der Waals surface area contributed by atoms with E-state index in [0.717, 1.165) is 28.7 Å². The van der Waals surface area contributed by atoms with Crippen LogP contribution in [0.15, 0.2) is 36.4 Å². The highest BCUT2D eigenvalue weighted by Crippen LogP contribution is 2.32. The van der Waals surface area contributed by atoms with Crippen molar-refractivity contribution in [3.05, 3.63) is 53.3 Å². The van der Waals surface area contributed by atoms with Crippen LogP contribution in [0.25, 0.3) is 22.2 Å². The Kier molecular flexibility index (Phi) is 3.22. The van der Waals surface area contributed by atoms with E-state index in [-0.39, 0.29) is 5.82 Å². The third kappa shape index (κ3) is 2.18. The standard InChI is InChI=1S/C17H14FNO2/c1-10-7-11(3-6-16(10)21-2)17-14(9-20)13-8-12(18)4-5-15(13)19-17/h3-9,19H,1-2H3. The van der Waals surface area contributed by atoms with Gasteiger partial charge >= 0.3 is 0 Å². The molecule has 1 heterocycles. The fraction of sp³-hybridized carbons (Fsp3) is 0.118. The lowest BCUT2D eigenvalue weighted by Gasteiger charge is -2.07. The van der Waals surface area contributed by atoms with Crippen LogP contribution in [0.3, 0.4) is 0 Å². The van der Waals surface area contributed by atoms with E-state index in [0.29, 0.717) is 16.6 Å². The molecule has 0 saturated heterocycles. The van der Waals surface area contributed by atoms with Gasteiger partial charge in [-0.3, -0.25) is 4.79 Å². The molecule has 1 N–H and O–H groups in total. The normalized spacial score (nSPS) is 10.8. The number of aldehydes is 1. The molecule has 3 nitrogen and oxygen atoms in total. The van der Waals surface area contributed by atoms with Crippen molar-refractivity contribution in [3.8, 4) is 17.0 Å². The molecule has 4 heteroatoms. The minimum Gasteiger partial charge on any atom is -0.496 e. The zero-order valence-electron chi connectivity index (χ0n) is 11.7. The number of hydrogen-bond donors (Lipinski definition) is 1. The molecular formula is C17H14FNO2. The van der Waals surface area contributed by atoms with Crippen LogP contribution in [-0.4, -0.2) is 18.4 Å². The Morgan fingerprint density at radius 1 is 1.19 bits per heavy atom. The van der Waals surface area contributed by atoms with Gasteiger partial charge in [-0.1, -0.05) is 0 Å². The smallest absolute Gasteiger partial charge is 0.152 e. The molecule has 0 atom stereocenters. The number of carbonyl (C=O) groups excluding carboxylic acids is 1. The van der Waals surface area contributed by atoms with Crippen LogP contribution in [0.4, 0.5) is 4.39 Å². The Morgan fingerprint density at radius 2 is 2.00 bits per heavy atom. The van der Waals surface area contributed by atoms with Gasteiger partial charge in [0.15, 0.2) is 6.29 Å². The Morgan fingerprint density at radius 3 is 2.67 bits per heavy atom. The maximum Gasteiger partial charge on any atom is 0.152 e. The molecule has 0 aliphatic rings. The molecule has 0 amide bonds. The van der Waals surface area contributed by atoms with Crippen molar-refractivity contribution in [2.45, 2.75) is 6.92 Å². The molecule has 0 unspecified atom stereocenters. The first-order valence-corrected chi connectivity index (χ1v) is 6.55. The van der Waals surface area contributed by atoms with Gasteiger partial charge in [0.25, 0.3) is 0 Å². The summed E-state index contributed by atoms with van der Waals surface area (Å²) in [4.78, 5) is 14.6. The SMILES string of the molecule is COc1ccc(-c2[nH]c3ccc(F)cc3c2C=O)cc1C. The number of ether oxygens (including phenoxy) is 1. The number of halogens is 1. The molecule has 0 radical (unpaired) electrons. The first kappa shape index (κ1) is 13.4. The second-order valence-electron chi connectivity index (χ2n) is 4.91. The van der Waals surface area contributed by atoms with Gasteiger partial charge in [0.2, 0.25) is 0 Å². The zero-order valence-corrected chi connectivity index (χ0v) is 11.7. The van der Waals surface area contributed by atoms with Crippen molar-refractivity contribution >= 4 is 17.2 Å². The Hall–Kier alpha value is -2.62. The summed E-state index contributed by atoms with van der Waals surface area (Å²) in [6.45, 7) is 1.94. The maximum absolute atomic E-state index is 13.4. The molecule has 0 fully saturated rings. The summed E-state index contributed by atoms with van der Waals surface area (Å²) >= 11 is 0. The summed E-state index contributed by atoms with van der Waals surface area (Å²) in [5.74, 6) is 0.427. The van der Waals surface area contributed by atoms with Crippen LogP contribution in [0.1, 0.15) is 15.9 Å². The van der Waals surface area contributed by atoms with E-state index < -0.39 is 0 Å². The van der Waals surface area contributed by atoms with Crippen LogP contribution >= 0.6 is 0 Å². The molecule has 3 aromatic rings. The van der Waals surface area contributed by atoms with Crippen LogP contribution in [0.2, 0.25) is 0 Å². The van der Waals surface area contributed by atoms with Gasteiger partial charge in [0, 0.05) is 16.5 Å². The van der Waals surface area contributed by atoms with Gasteiger partial charge in [-0.25, -0.2) is 4.39 Å². The average Bonchev–Trinajstić information content (AvgIpc) is 2.84. The minimum absolute atomic E-state index is 0.359. The van der Waals surface area contributed by atoms with Crippen molar-refractivity contribution in [3.63, 3.8) is 0 Å². The van der Waals surface area contributed by atoms with Crippen LogP contribution < -0.4 is 4.74 Å². The van der Waals surface area contributed by atoms with Crippen LogP contribution in [0.5, 0.6) is 5.75 Å². The average molecular weight is 283 g/mol. The number of carbonyl (C=O) groups is 1. The van der Waals surface area contributed by atoms with Crippen molar-refractivity contribution in [2.24, 2.45) is 0 Å². The second kappa shape index (κ2) is 5.05. The predicted octanol–water partition coefficient (Wildman–Crippen LogP) is 4.10. The Bertz CT molecular complexity index is 836. The van der Waals surface area contributed by atoms with Gasteiger partial charge in [-0.15, -0.1) is 0 Å². The zero-order chi connectivity index (χ0) is 15.0. The lowest BCUT2D eigenvalue weighted by Crippen LogP contribution is -1.89. The number of aryl methyl sites for hydroxylation is 1. The van der Waals surface area contributed by atoms with Crippen molar-refractivity contribution in [1.82, 2.24) is 4.98 Å². The van der Waals surface area contributed by atoms with Crippen molar-refractivity contribution in [2.75, 3.05) is 7.11 Å². The second-order valence-corrected chi connectivity index (χ2v) is 4.91. The lowest BCUT2D eigenvalue weighted by molar-refractivity contribution is 0.112. The van der Waals surface area contributed by atoms with Gasteiger partial charge in [0.1, 0.15) is 11.6 Å². The molecule has 0 aliphatic heterocycles. The molecule has 21 heavy (non-hydrogen) atoms. The number of aromatic nitrogens is 1. The first-order chi connectivity index (χ1) is 10.1. The molecule has 1 aromatic heterocycles. The number of hydrogen-bond acceptors (Lipinski definition) is 2. The maximum atomic E-state index is 13.4. The number of fused-ring (bicyclic) bond motifs is 1. The monoisotopic (exact) mass is 283 g/mol. The topological polar surface area (TPSA) is 42.1 Å². The highest BCUT2D eigenvalue weighted by atomic mass is 19.1. The summed E-state index contributed by atoms with van der Waals surface area (Å²) in [7, 11) is 1.62. The van der Waals surface area contributed by atoms with E-state index in [1.165, 1.54) is 12.1 Å². The number of H-pyrrole nitrogens is 1. The van der Waals surface area contributed by atoms with Gasteiger partial charge in [-0.05, 0) is 54.4 Å². The van der Waals surface area contributed by atoms with Gasteiger partial charge < -0.3 is 9.72 Å². The number of aromatic amines is 1. The fourth-order valence-corrected chi connectivity index (χ4v) is 2.57. The minimum atomic E-state index is -0.359. The van der Waals surface area contributed by atoms with E-state index in [4.69, 9.17) is 4.74 Å². The number of rotatable bonds is 3. The summed E-state index contributed by atoms with van der Waals surface area (Å²) in [5.41, 5.74) is 3.73. The van der Waals surface area contributed by atoms with Gasteiger partial charge in [-0.2, -0.15) is 0 Å². The molecule has 106 valence electrons.